The number of carbonyl (C=O) groups is 1. The molecule has 0 aliphatic carbocycles. The predicted octanol–water partition coefficient (Wildman–Crippen LogP) is 2.32. The molecule has 0 bridgehead atoms. The number of nitrogens with one attached hydrogen (secondary N) is 1. The molecule has 1 aromatic heterocycles. The van der Waals surface area contributed by atoms with Gasteiger partial charge in [0, 0.05) is 17.8 Å². The number of rotatable bonds is 3. The van der Waals surface area contributed by atoms with Gasteiger partial charge in [-0.1, -0.05) is 6.07 Å². The standard InChI is InChI=1S/C18H15N5O3/c19-13-2-4-14(5-3-13)22-10-16(17(21-22)23(25)26)11-1-6-15-12(9-11)7-8-20-18(15)24/h1-6,9-10H,7-8,19H2,(H,20,24). The van der Waals surface area contributed by atoms with Crippen molar-refractivity contribution in [1.82, 2.24) is 15.1 Å². The maximum absolute atomic E-state index is 11.9. The maximum atomic E-state index is 11.9. The number of amides is 1. The number of carbonyl (C=O) groups excluding carboxylic acids is 1. The Morgan fingerprint density at radius 2 is 1.92 bits per heavy atom. The number of anilines is 1. The third kappa shape index (κ3) is 2.67. The number of nitrogens with zero attached hydrogens (tertiary/aromatic N) is 3. The van der Waals surface area contributed by atoms with Crippen LogP contribution in [0.5, 0.6) is 0 Å². The van der Waals surface area contributed by atoms with E-state index >= 15 is 0 Å². The van der Waals surface area contributed by atoms with Crippen LogP contribution in [0.3, 0.4) is 0 Å². The molecule has 0 unspecified atom stereocenters. The molecule has 0 fully saturated rings. The van der Waals surface area contributed by atoms with Gasteiger partial charge in [-0.3, -0.25) is 4.79 Å². The fraction of sp³-hybridized carbons (Fsp3) is 0.111. The fourth-order valence-corrected chi connectivity index (χ4v) is 3.06. The monoisotopic (exact) mass is 349 g/mol. The highest BCUT2D eigenvalue weighted by Gasteiger charge is 2.25. The van der Waals surface area contributed by atoms with Gasteiger partial charge in [-0.05, 0) is 58.9 Å². The van der Waals surface area contributed by atoms with Gasteiger partial charge in [0.05, 0.1) is 17.0 Å². The number of fused-ring (bicyclic) bond motifs is 1. The molecule has 3 aromatic rings. The van der Waals surface area contributed by atoms with Crippen LogP contribution < -0.4 is 11.1 Å². The summed E-state index contributed by atoms with van der Waals surface area (Å²) in [5.74, 6) is -0.355. The Morgan fingerprint density at radius 1 is 1.15 bits per heavy atom. The van der Waals surface area contributed by atoms with E-state index in [0.717, 1.165) is 5.56 Å². The van der Waals surface area contributed by atoms with Crippen molar-refractivity contribution in [2.24, 2.45) is 0 Å². The third-order valence-corrected chi connectivity index (χ3v) is 4.37. The van der Waals surface area contributed by atoms with Crippen LogP contribution in [-0.2, 0) is 6.42 Å². The Kier molecular flexibility index (Phi) is 3.65. The molecule has 4 rings (SSSR count). The van der Waals surface area contributed by atoms with Crippen molar-refractivity contribution in [1.29, 1.82) is 0 Å². The lowest BCUT2D eigenvalue weighted by atomic mass is 9.96. The number of hydrogen-bond donors (Lipinski definition) is 2. The van der Waals surface area contributed by atoms with E-state index in [4.69, 9.17) is 5.73 Å². The first-order valence-electron chi connectivity index (χ1n) is 8.04. The summed E-state index contributed by atoms with van der Waals surface area (Å²) in [6.07, 6.45) is 2.31. The lowest BCUT2D eigenvalue weighted by Crippen LogP contribution is -2.31. The molecule has 130 valence electrons. The van der Waals surface area contributed by atoms with Crippen LogP contribution in [0.4, 0.5) is 11.5 Å². The van der Waals surface area contributed by atoms with Crippen molar-refractivity contribution in [3.8, 4) is 16.8 Å². The van der Waals surface area contributed by atoms with Crippen LogP contribution in [0.15, 0.2) is 48.7 Å². The van der Waals surface area contributed by atoms with E-state index < -0.39 is 4.92 Å². The Labute approximate surface area is 148 Å². The Hall–Kier alpha value is -3.68. The first-order valence-corrected chi connectivity index (χ1v) is 8.04. The largest absolute Gasteiger partial charge is 0.399 e. The molecule has 0 radical (unpaired) electrons. The highest BCUT2D eigenvalue weighted by atomic mass is 16.6. The first-order chi connectivity index (χ1) is 12.5. The second-order valence-corrected chi connectivity index (χ2v) is 6.04. The normalized spacial score (nSPS) is 13.2. The van der Waals surface area contributed by atoms with Gasteiger partial charge in [0.15, 0.2) is 0 Å². The minimum Gasteiger partial charge on any atom is -0.399 e. The Bertz CT molecular complexity index is 1020. The predicted molar refractivity (Wildman–Crippen MR) is 96.1 cm³/mol. The number of benzene rings is 2. The number of nitrogen functional groups attached to an aromatic ring is 1. The molecule has 0 saturated heterocycles. The van der Waals surface area contributed by atoms with Gasteiger partial charge in [-0.25, -0.2) is 0 Å². The van der Waals surface area contributed by atoms with Crippen LogP contribution in [-0.4, -0.2) is 27.2 Å². The van der Waals surface area contributed by atoms with Gasteiger partial charge < -0.3 is 21.2 Å². The van der Waals surface area contributed by atoms with Gasteiger partial charge in [-0.15, -0.1) is 4.68 Å². The van der Waals surface area contributed by atoms with Crippen LogP contribution in [0.2, 0.25) is 0 Å². The number of hydrogen-bond acceptors (Lipinski definition) is 5. The molecule has 8 nitrogen and oxygen atoms in total. The van der Waals surface area contributed by atoms with E-state index in [-0.39, 0.29) is 11.7 Å². The highest BCUT2D eigenvalue weighted by molar-refractivity contribution is 5.97. The third-order valence-electron chi connectivity index (χ3n) is 4.37. The summed E-state index contributed by atoms with van der Waals surface area (Å²) in [6, 6.07) is 12.1. The summed E-state index contributed by atoms with van der Waals surface area (Å²) < 4.78 is 1.46. The quantitative estimate of drug-likeness (QED) is 0.428. The van der Waals surface area contributed by atoms with Crippen molar-refractivity contribution in [2.75, 3.05) is 12.3 Å². The van der Waals surface area contributed by atoms with Crippen molar-refractivity contribution in [3.05, 3.63) is 69.9 Å². The molecule has 1 aliphatic heterocycles. The zero-order chi connectivity index (χ0) is 18.3. The van der Waals surface area contributed by atoms with Crippen molar-refractivity contribution in [3.63, 3.8) is 0 Å². The minimum atomic E-state index is -0.505. The van der Waals surface area contributed by atoms with E-state index in [1.165, 1.54) is 4.68 Å². The van der Waals surface area contributed by atoms with Gasteiger partial charge >= 0.3 is 5.82 Å². The lowest BCUT2D eigenvalue weighted by molar-refractivity contribution is -0.389. The Morgan fingerprint density at radius 3 is 2.65 bits per heavy atom. The average molecular weight is 349 g/mol. The molecule has 1 amide bonds. The van der Waals surface area contributed by atoms with Crippen molar-refractivity contribution < 1.29 is 9.72 Å². The minimum absolute atomic E-state index is 0.120. The van der Waals surface area contributed by atoms with E-state index in [9.17, 15) is 14.9 Å². The molecule has 0 atom stereocenters. The lowest BCUT2D eigenvalue weighted by Gasteiger charge is -2.16. The van der Waals surface area contributed by atoms with Crippen LogP contribution >= 0.6 is 0 Å². The zero-order valence-electron chi connectivity index (χ0n) is 13.7. The summed E-state index contributed by atoms with van der Waals surface area (Å²) in [6.45, 7) is 0.558. The van der Waals surface area contributed by atoms with Crippen LogP contribution in [0.1, 0.15) is 15.9 Å². The highest BCUT2D eigenvalue weighted by Crippen LogP contribution is 2.32. The second kappa shape index (κ2) is 5.99. The number of nitrogens with two attached hydrogens (primary N) is 1. The summed E-state index contributed by atoms with van der Waals surface area (Å²) in [5, 5.41) is 18.4. The molecule has 0 saturated carbocycles. The number of nitro groups is 1. The first kappa shape index (κ1) is 15.8. The molecule has 3 N–H and O–H groups in total. The smallest absolute Gasteiger partial charge is 0.398 e. The van der Waals surface area contributed by atoms with Crippen LogP contribution in [0.25, 0.3) is 16.8 Å². The van der Waals surface area contributed by atoms with E-state index in [0.29, 0.717) is 41.0 Å². The maximum Gasteiger partial charge on any atom is 0.398 e. The van der Waals surface area contributed by atoms with Crippen molar-refractivity contribution >= 4 is 17.4 Å². The molecule has 1 aliphatic rings. The molecular weight excluding hydrogens is 334 g/mol. The molecule has 0 spiro atoms. The van der Waals surface area contributed by atoms with Crippen LogP contribution in [0, 0.1) is 10.1 Å². The fourth-order valence-electron chi connectivity index (χ4n) is 3.06. The van der Waals surface area contributed by atoms with Gasteiger partial charge in [0.1, 0.15) is 5.56 Å². The van der Waals surface area contributed by atoms with E-state index in [1.54, 1.807) is 42.6 Å². The summed E-state index contributed by atoms with van der Waals surface area (Å²) in [7, 11) is 0. The summed E-state index contributed by atoms with van der Waals surface area (Å²) in [4.78, 5) is 22.9. The molecule has 2 aromatic carbocycles. The summed E-state index contributed by atoms with van der Waals surface area (Å²) in [5.41, 5.74) is 9.50. The molecule has 8 heteroatoms. The zero-order valence-corrected chi connectivity index (χ0v) is 13.7. The van der Waals surface area contributed by atoms with Crippen molar-refractivity contribution in [2.45, 2.75) is 6.42 Å². The number of aromatic nitrogens is 2. The Balaban J connectivity index is 1.82. The SMILES string of the molecule is Nc1ccc(-n2cc(-c3ccc4c(c3)CCNC4=O)c([N+](=O)[O-])n2)cc1. The second-order valence-electron chi connectivity index (χ2n) is 6.04. The summed E-state index contributed by atoms with van der Waals surface area (Å²) >= 11 is 0. The molecule has 26 heavy (non-hydrogen) atoms. The van der Waals surface area contributed by atoms with Gasteiger partial charge in [-0.2, -0.15) is 0 Å². The van der Waals surface area contributed by atoms with Gasteiger partial charge in [0.2, 0.25) is 0 Å². The molecule has 2 heterocycles. The topological polar surface area (TPSA) is 116 Å². The average Bonchev–Trinajstić information content (AvgIpc) is 3.08. The molecular formula is C18H15N5O3. The van der Waals surface area contributed by atoms with E-state index in [2.05, 4.69) is 10.4 Å². The van der Waals surface area contributed by atoms with Gasteiger partial charge in [0.25, 0.3) is 5.91 Å². The van der Waals surface area contributed by atoms with E-state index in [1.807, 2.05) is 6.07 Å².